The third-order valence-electron chi connectivity index (χ3n) is 3.27. The largest absolute Gasteiger partial charge is 0.337 e. The van der Waals surface area contributed by atoms with Gasteiger partial charge in [-0.15, -0.1) is 0 Å². The lowest BCUT2D eigenvalue weighted by Crippen LogP contribution is -2.30. The van der Waals surface area contributed by atoms with Gasteiger partial charge < -0.3 is 4.57 Å². The fourth-order valence-electron chi connectivity index (χ4n) is 2.40. The van der Waals surface area contributed by atoms with E-state index in [1.807, 2.05) is 12.5 Å². The highest BCUT2D eigenvalue weighted by Gasteiger charge is 2.31. The van der Waals surface area contributed by atoms with Crippen LogP contribution in [0.5, 0.6) is 0 Å². The SMILES string of the molecule is BrCC1(Cn2ccnc2)CCCCC1. The summed E-state index contributed by atoms with van der Waals surface area (Å²) in [6.45, 7) is 1.12. The smallest absolute Gasteiger partial charge is 0.0946 e. The Balaban J connectivity index is 2.04. The molecule has 1 saturated carbocycles. The molecule has 0 unspecified atom stereocenters. The van der Waals surface area contributed by atoms with Gasteiger partial charge in [-0.3, -0.25) is 0 Å². The molecule has 14 heavy (non-hydrogen) atoms. The van der Waals surface area contributed by atoms with Crippen LogP contribution in [0.3, 0.4) is 0 Å². The summed E-state index contributed by atoms with van der Waals surface area (Å²) >= 11 is 3.68. The normalized spacial score (nSPS) is 20.9. The van der Waals surface area contributed by atoms with Gasteiger partial charge in [0.25, 0.3) is 0 Å². The fourth-order valence-corrected chi connectivity index (χ4v) is 3.14. The van der Waals surface area contributed by atoms with E-state index in [0.29, 0.717) is 5.41 Å². The minimum Gasteiger partial charge on any atom is -0.337 e. The molecule has 1 aliphatic rings. The van der Waals surface area contributed by atoms with E-state index in [1.165, 1.54) is 32.1 Å². The monoisotopic (exact) mass is 256 g/mol. The third kappa shape index (κ3) is 2.19. The second kappa shape index (κ2) is 4.47. The van der Waals surface area contributed by atoms with Gasteiger partial charge >= 0.3 is 0 Å². The summed E-state index contributed by atoms with van der Waals surface area (Å²) < 4.78 is 2.21. The summed E-state index contributed by atoms with van der Waals surface area (Å²) in [5.74, 6) is 0. The maximum Gasteiger partial charge on any atom is 0.0946 e. The number of hydrogen-bond acceptors (Lipinski definition) is 1. The predicted molar refractivity (Wildman–Crippen MR) is 61.5 cm³/mol. The molecule has 0 radical (unpaired) electrons. The van der Waals surface area contributed by atoms with Crippen LogP contribution in [-0.2, 0) is 6.54 Å². The molecular weight excluding hydrogens is 240 g/mol. The van der Waals surface area contributed by atoms with Gasteiger partial charge in [0.1, 0.15) is 0 Å². The number of aromatic nitrogens is 2. The van der Waals surface area contributed by atoms with Crippen LogP contribution in [0.25, 0.3) is 0 Å². The highest BCUT2D eigenvalue weighted by Crippen LogP contribution is 2.39. The van der Waals surface area contributed by atoms with Crippen LogP contribution >= 0.6 is 15.9 Å². The molecule has 0 amide bonds. The zero-order valence-electron chi connectivity index (χ0n) is 8.45. The zero-order valence-corrected chi connectivity index (χ0v) is 10.0. The molecule has 1 aliphatic carbocycles. The quantitative estimate of drug-likeness (QED) is 0.760. The van der Waals surface area contributed by atoms with Crippen molar-refractivity contribution in [3.63, 3.8) is 0 Å². The summed E-state index contributed by atoms with van der Waals surface area (Å²) in [5.41, 5.74) is 0.485. The molecule has 0 N–H and O–H groups in total. The molecular formula is C11H17BrN2. The standard InChI is InChI=1S/C11H17BrN2/c12-8-11(4-2-1-3-5-11)9-14-7-6-13-10-14/h6-7,10H,1-5,8-9H2. The molecule has 0 atom stereocenters. The van der Waals surface area contributed by atoms with Gasteiger partial charge in [-0.2, -0.15) is 0 Å². The number of hydrogen-bond donors (Lipinski definition) is 0. The van der Waals surface area contributed by atoms with Crippen molar-refractivity contribution in [2.45, 2.75) is 38.6 Å². The summed E-state index contributed by atoms with van der Waals surface area (Å²) in [6, 6.07) is 0. The van der Waals surface area contributed by atoms with Gasteiger partial charge in [-0.05, 0) is 18.3 Å². The zero-order chi connectivity index (χ0) is 9.86. The van der Waals surface area contributed by atoms with Crippen molar-refractivity contribution in [1.82, 2.24) is 9.55 Å². The number of alkyl halides is 1. The Morgan fingerprint density at radius 3 is 2.64 bits per heavy atom. The van der Waals surface area contributed by atoms with E-state index in [0.717, 1.165) is 11.9 Å². The van der Waals surface area contributed by atoms with E-state index in [-0.39, 0.29) is 0 Å². The maximum absolute atomic E-state index is 4.10. The molecule has 1 aromatic rings. The molecule has 2 nitrogen and oxygen atoms in total. The molecule has 0 spiro atoms. The summed E-state index contributed by atoms with van der Waals surface area (Å²) in [4.78, 5) is 4.10. The lowest BCUT2D eigenvalue weighted by Gasteiger charge is -2.35. The average Bonchev–Trinajstić information content (AvgIpc) is 2.72. The van der Waals surface area contributed by atoms with Crippen LogP contribution < -0.4 is 0 Å². The van der Waals surface area contributed by atoms with Crippen molar-refractivity contribution in [2.75, 3.05) is 5.33 Å². The molecule has 0 aromatic carbocycles. The van der Waals surface area contributed by atoms with Crippen molar-refractivity contribution in [1.29, 1.82) is 0 Å². The van der Waals surface area contributed by atoms with E-state index in [1.54, 1.807) is 0 Å². The van der Waals surface area contributed by atoms with Crippen LogP contribution in [0.1, 0.15) is 32.1 Å². The summed E-state index contributed by atoms with van der Waals surface area (Å²) in [7, 11) is 0. The predicted octanol–water partition coefficient (Wildman–Crippen LogP) is 3.23. The topological polar surface area (TPSA) is 17.8 Å². The Hall–Kier alpha value is -0.310. The minimum atomic E-state index is 0.485. The number of halogens is 1. The Kier molecular flexibility index (Phi) is 3.26. The Labute approximate surface area is 93.9 Å². The first-order valence-corrected chi connectivity index (χ1v) is 6.49. The number of imidazole rings is 1. The van der Waals surface area contributed by atoms with Gasteiger partial charge in [0.2, 0.25) is 0 Å². The first-order chi connectivity index (χ1) is 6.85. The molecule has 1 aromatic heterocycles. The van der Waals surface area contributed by atoms with Crippen molar-refractivity contribution >= 4 is 15.9 Å². The Morgan fingerprint density at radius 2 is 2.07 bits per heavy atom. The van der Waals surface area contributed by atoms with Crippen molar-refractivity contribution in [3.05, 3.63) is 18.7 Å². The number of rotatable bonds is 3. The lowest BCUT2D eigenvalue weighted by atomic mass is 9.75. The molecule has 78 valence electrons. The van der Waals surface area contributed by atoms with Crippen LogP contribution in [0.15, 0.2) is 18.7 Å². The Morgan fingerprint density at radius 1 is 1.29 bits per heavy atom. The molecule has 3 heteroatoms. The van der Waals surface area contributed by atoms with E-state index < -0.39 is 0 Å². The van der Waals surface area contributed by atoms with Crippen molar-refractivity contribution in [3.8, 4) is 0 Å². The lowest BCUT2D eigenvalue weighted by molar-refractivity contribution is 0.191. The second-order valence-electron chi connectivity index (χ2n) is 4.43. The van der Waals surface area contributed by atoms with Crippen LogP contribution in [0.2, 0.25) is 0 Å². The van der Waals surface area contributed by atoms with Crippen LogP contribution in [-0.4, -0.2) is 14.9 Å². The van der Waals surface area contributed by atoms with Gasteiger partial charge in [0.15, 0.2) is 0 Å². The van der Waals surface area contributed by atoms with E-state index >= 15 is 0 Å². The van der Waals surface area contributed by atoms with Crippen molar-refractivity contribution in [2.24, 2.45) is 5.41 Å². The second-order valence-corrected chi connectivity index (χ2v) is 4.99. The molecule has 2 rings (SSSR count). The van der Waals surface area contributed by atoms with Gasteiger partial charge in [0, 0.05) is 24.3 Å². The fraction of sp³-hybridized carbons (Fsp3) is 0.727. The third-order valence-corrected chi connectivity index (χ3v) is 4.46. The molecule has 0 aliphatic heterocycles. The average molecular weight is 257 g/mol. The molecule has 1 fully saturated rings. The van der Waals surface area contributed by atoms with E-state index in [2.05, 4.69) is 31.7 Å². The maximum atomic E-state index is 4.10. The summed E-state index contributed by atoms with van der Waals surface area (Å²) in [5, 5.41) is 1.12. The Bertz CT molecular complexity index is 263. The van der Waals surface area contributed by atoms with Crippen LogP contribution in [0, 0.1) is 5.41 Å². The number of nitrogens with zero attached hydrogens (tertiary/aromatic N) is 2. The van der Waals surface area contributed by atoms with Gasteiger partial charge in [-0.1, -0.05) is 35.2 Å². The van der Waals surface area contributed by atoms with Crippen LogP contribution in [0.4, 0.5) is 0 Å². The summed E-state index contributed by atoms with van der Waals surface area (Å²) in [6.07, 6.45) is 12.8. The van der Waals surface area contributed by atoms with Gasteiger partial charge in [-0.25, -0.2) is 4.98 Å². The molecule has 1 heterocycles. The highest BCUT2D eigenvalue weighted by molar-refractivity contribution is 9.09. The van der Waals surface area contributed by atoms with E-state index in [9.17, 15) is 0 Å². The van der Waals surface area contributed by atoms with E-state index in [4.69, 9.17) is 0 Å². The molecule has 0 bridgehead atoms. The minimum absolute atomic E-state index is 0.485. The van der Waals surface area contributed by atoms with Gasteiger partial charge in [0.05, 0.1) is 6.33 Å². The first-order valence-electron chi connectivity index (χ1n) is 5.36. The highest BCUT2D eigenvalue weighted by atomic mass is 79.9. The first kappa shape index (κ1) is 10.2. The van der Waals surface area contributed by atoms with Crippen molar-refractivity contribution < 1.29 is 0 Å². The molecule has 0 saturated heterocycles.